The molecule has 0 saturated heterocycles. The Morgan fingerprint density at radius 1 is 0.933 bits per heavy atom. The van der Waals surface area contributed by atoms with Gasteiger partial charge in [0.1, 0.15) is 25.1 Å². The Hall–Kier alpha value is -2.17. The Morgan fingerprint density at radius 2 is 1.57 bits per heavy atom. The number of nitrogens with zero attached hydrogens (tertiary/aromatic N) is 4. The first-order chi connectivity index (χ1) is 14.7. The van der Waals surface area contributed by atoms with Crippen molar-refractivity contribution in [3.63, 3.8) is 0 Å². The second-order valence-corrected chi connectivity index (χ2v) is 8.16. The molecule has 0 aliphatic rings. The van der Waals surface area contributed by atoms with E-state index < -0.39 is 0 Å². The molecule has 0 aliphatic carbocycles. The van der Waals surface area contributed by atoms with E-state index in [-0.39, 0.29) is 0 Å². The molecule has 2 heterocycles. The molecule has 0 radical (unpaired) electrons. The van der Waals surface area contributed by atoms with E-state index in [2.05, 4.69) is 65.6 Å². The van der Waals surface area contributed by atoms with Crippen molar-refractivity contribution >= 4 is 22.8 Å². The third-order valence-electron chi connectivity index (χ3n) is 5.47. The van der Waals surface area contributed by atoms with Crippen LogP contribution in [0.2, 0.25) is 0 Å². The number of hydrogen-bond acceptors (Lipinski definition) is 3. The smallest absolute Gasteiger partial charge is 0.174 e. The summed E-state index contributed by atoms with van der Waals surface area (Å²) in [6.07, 6.45) is 18.1. The van der Waals surface area contributed by atoms with Gasteiger partial charge < -0.3 is 9.88 Å². The summed E-state index contributed by atoms with van der Waals surface area (Å²) in [7, 11) is 0. The van der Waals surface area contributed by atoms with E-state index in [1.54, 1.807) is 6.33 Å². The highest BCUT2D eigenvalue weighted by atomic mass is 15.1. The van der Waals surface area contributed by atoms with Crippen LogP contribution in [0, 0.1) is 0 Å². The standard InChI is InChI=1S/C25H42N5/c1-5-9-15-29(16-10-6-2)19-22(20-30(17-11-7-3)18-12-8-4)24-23-13-14-26-25(23)28-21-27-24/h13-14,19-21H,5-12,15-18H2,1-4H3,(H,26,27,28)/q+1. The van der Waals surface area contributed by atoms with Crippen molar-refractivity contribution in [2.45, 2.75) is 79.1 Å². The lowest BCUT2D eigenvalue weighted by Crippen LogP contribution is -2.22. The SMILES string of the molecule is CCCCN(/C=C(\C=[N+](CCCC)CCCC)c1ncnc2[nH]ccc12)CCCC. The highest BCUT2D eigenvalue weighted by molar-refractivity contribution is 6.11. The van der Waals surface area contributed by atoms with Crippen LogP contribution in [0.15, 0.2) is 24.8 Å². The number of nitrogens with one attached hydrogen (secondary N) is 1. The molecule has 2 aromatic rings. The van der Waals surface area contributed by atoms with Crippen molar-refractivity contribution in [3.8, 4) is 0 Å². The predicted molar refractivity (Wildman–Crippen MR) is 129 cm³/mol. The molecule has 0 aliphatic heterocycles. The zero-order valence-electron chi connectivity index (χ0n) is 19.7. The number of hydrogen-bond donors (Lipinski definition) is 1. The maximum absolute atomic E-state index is 4.72. The normalized spacial score (nSPS) is 11.8. The topological polar surface area (TPSA) is 47.8 Å². The Morgan fingerprint density at radius 3 is 2.17 bits per heavy atom. The third kappa shape index (κ3) is 7.58. The molecule has 0 atom stereocenters. The minimum Gasteiger partial charge on any atom is -0.377 e. The van der Waals surface area contributed by atoms with Crippen LogP contribution < -0.4 is 0 Å². The molecule has 0 saturated carbocycles. The van der Waals surface area contributed by atoms with Crippen LogP contribution in [-0.4, -0.2) is 56.8 Å². The van der Waals surface area contributed by atoms with Gasteiger partial charge >= 0.3 is 0 Å². The molecule has 2 rings (SSSR count). The molecule has 0 amide bonds. The molecule has 166 valence electrons. The monoisotopic (exact) mass is 412 g/mol. The highest BCUT2D eigenvalue weighted by Gasteiger charge is 2.15. The lowest BCUT2D eigenvalue weighted by Gasteiger charge is -2.21. The average molecular weight is 413 g/mol. The molecule has 0 spiro atoms. The van der Waals surface area contributed by atoms with Gasteiger partial charge in [0.2, 0.25) is 0 Å². The molecule has 0 aromatic carbocycles. The molecule has 30 heavy (non-hydrogen) atoms. The zero-order chi connectivity index (χ0) is 21.6. The van der Waals surface area contributed by atoms with Crippen molar-refractivity contribution in [2.24, 2.45) is 0 Å². The van der Waals surface area contributed by atoms with Crippen molar-refractivity contribution in [1.29, 1.82) is 0 Å². The van der Waals surface area contributed by atoms with Crippen LogP contribution in [0.3, 0.4) is 0 Å². The molecule has 0 fully saturated rings. The summed E-state index contributed by atoms with van der Waals surface area (Å²) in [6.45, 7) is 13.4. The fourth-order valence-electron chi connectivity index (χ4n) is 3.58. The van der Waals surface area contributed by atoms with Gasteiger partial charge in [-0.05, 0) is 18.9 Å². The Balaban J connectivity index is 2.49. The third-order valence-corrected chi connectivity index (χ3v) is 5.47. The number of aromatic amines is 1. The van der Waals surface area contributed by atoms with E-state index in [0.29, 0.717) is 0 Å². The first-order valence-corrected chi connectivity index (χ1v) is 12.1. The molecule has 5 heteroatoms. The largest absolute Gasteiger partial charge is 0.377 e. The van der Waals surface area contributed by atoms with Crippen molar-refractivity contribution in [2.75, 3.05) is 26.2 Å². The van der Waals surface area contributed by atoms with Gasteiger partial charge in [-0.25, -0.2) is 14.5 Å². The Kier molecular flexibility index (Phi) is 11.2. The fraction of sp³-hybridized carbons (Fsp3) is 0.640. The van der Waals surface area contributed by atoms with Crippen LogP contribution in [-0.2, 0) is 0 Å². The molecule has 1 N–H and O–H groups in total. The fourth-order valence-corrected chi connectivity index (χ4v) is 3.58. The Bertz CT molecular complexity index is 772. The molecule has 0 bridgehead atoms. The molecular formula is C25H42N5+. The van der Waals surface area contributed by atoms with Gasteiger partial charge in [0, 0.05) is 43.7 Å². The lowest BCUT2D eigenvalue weighted by molar-refractivity contribution is -0.523. The second kappa shape index (κ2) is 13.9. The van der Waals surface area contributed by atoms with Gasteiger partial charge in [0.25, 0.3) is 0 Å². The van der Waals surface area contributed by atoms with Gasteiger partial charge in [-0.3, -0.25) is 0 Å². The minimum absolute atomic E-state index is 0.904. The van der Waals surface area contributed by atoms with E-state index in [1.165, 1.54) is 56.9 Å². The number of unbranched alkanes of at least 4 members (excludes halogenated alkanes) is 4. The quantitative estimate of drug-likeness (QED) is 0.293. The first kappa shape index (κ1) is 24.1. The summed E-state index contributed by atoms with van der Waals surface area (Å²) < 4.78 is 2.50. The summed E-state index contributed by atoms with van der Waals surface area (Å²) in [5, 5.41) is 1.09. The second-order valence-electron chi connectivity index (χ2n) is 8.16. The summed E-state index contributed by atoms with van der Waals surface area (Å²) >= 11 is 0. The van der Waals surface area contributed by atoms with Crippen molar-refractivity contribution in [3.05, 3.63) is 30.5 Å². The predicted octanol–water partition coefficient (Wildman–Crippen LogP) is 5.88. The summed E-state index contributed by atoms with van der Waals surface area (Å²) in [6, 6.07) is 2.09. The zero-order valence-corrected chi connectivity index (χ0v) is 19.7. The highest BCUT2D eigenvalue weighted by Crippen LogP contribution is 2.21. The van der Waals surface area contributed by atoms with Crippen LogP contribution >= 0.6 is 0 Å². The maximum Gasteiger partial charge on any atom is 0.174 e. The number of aromatic nitrogens is 3. The van der Waals surface area contributed by atoms with E-state index >= 15 is 0 Å². The van der Waals surface area contributed by atoms with Gasteiger partial charge in [0.15, 0.2) is 6.21 Å². The lowest BCUT2D eigenvalue weighted by atomic mass is 10.1. The summed E-state index contributed by atoms with van der Waals surface area (Å²) in [5.74, 6) is 0. The van der Waals surface area contributed by atoms with Gasteiger partial charge in [-0.2, -0.15) is 0 Å². The van der Waals surface area contributed by atoms with E-state index in [4.69, 9.17) is 4.98 Å². The first-order valence-electron chi connectivity index (χ1n) is 12.1. The molecule has 5 nitrogen and oxygen atoms in total. The van der Waals surface area contributed by atoms with Gasteiger partial charge in [-0.15, -0.1) is 0 Å². The Labute approximate surface area is 183 Å². The molecule has 2 aromatic heterocycles. The number of rotatable bonds is 15. The molecule has 0 unspecified atom stereocenters. The minimum atomic E-state index is 0.904. The van der Waals surface area contributed by atoms with E-state index in [1.807, 2.05) is 6.20 Å². The maximum atomic E-state index is 4.72. The van der Waals surface area contributed by atoms with Gasteiger partial charge in [0.05, 0.1) is 11.3 Å². The van der Waals surface area contributed by atoms with Crippen LogP contribution in [0.5, 0.6) is 0 Å². The molecular weight excluding hydrogens is 370 g/mol. The average Bonchev–Trinajstić information content (AvgIpc) is 3.25. The van der Waals surface area contributed by atoms with Crippen molar-refractivity contribution < 1.29 is 4.58 Å². The summed E-state index contributed by atoms with van der Waals surface area (Å²) in [4.78, 5) is 14.9. The number of allylic oxidation sites excluding steroid dienone is 1. The van der Waals surface area contributed by atoms with Crippen molar-refractivity contribution in [1.82, 2.24) is 19.9 Å². The summed E-state index contributed by atoms with van der Waals surface area (Å²) in [5.41, 5.74) is 3.13. The number of fused-ring (bicyclic) bond motifs is 1. The van der Waals surface area contributed by atoms with Crippen LogP contribution in [0.4, 0.5) is 0 Å². The van der Waals surface area contributed by atoms with Crippen LogP contribution in [0.25, 0.3) is 16.6 Å². The van der Waals surface area contributed by atoms with E-state index in [0.717, 1.165) is 42.9 Å². The van der Waals surface area contributed by atoms with Gasteiger partial charge in [-0.1, -0.05) is 53.4 Å². The van der Waals surface area contributed by atoms with E-state index in [9.17, 15) is 0 Å². The van der Waals surface area contributed by atoms with Crippen LogP contribution in [0.1, 0.15) is 84.8 Å². The number of H-pyrrole nitrogens is 1.